The molecule has 0 atom stereocenters. The Hall–Kier alpha value is -2.61. The van der Waals surface area contributed by atoms with Crippen LogP contribution in [0.4, 0.5) is 0 Å². The number of carbonyl (C=O) groups excluding carboxylic acids is 2. The van der Waals surface area contributed by atoms with E-state index in [0.717, 1.165) is 5.56 Å². The van der Waals surface area contributed by atoms with Gasteiger partial charge in [0.1, 0.15) is 5.75 Å². The van der Waals surface area contributed by atoms with Crippen molar-refractivity contribution in [1.29, 1.82) is 0 Å². The number of rotatable bonds is 6. The molecule has 0 saturated carbocycles. The summed E-state index contributed by atoms with van der Waals surface area (Å²) in [6, 6.07) is 11.6. The number of benzene rings is 2. The molecular formula is C20H19Cl2N3O4. The molecule has 2 amide bonds. The Morgan fingerprint density at radius 1 is 1.10 bits per heavy atom. The van der Waals surface area contributed by atoms with Gasteiger partial charge in [0.2, 0.25) is 0 Å². The van der Waals surface area contributed by atoms with Crippen LogP contribution < -0.4 is 10.2 Å². The largest absolute Gasteiger partial charge is 0.484 e. The Morgan fingerprint density at radius 2 is 1.83 bits per heavy atom. The summed E-state index contributed by atoms with van der Waals surface area (Å²) in [7, 11) is 0. The highest BCUT2D eigenvalue weighted by molar-refractivity contribution is 6.42. The average Bonchev–Trinajstić information content (AvgIpc) is 2.75. The molecule has 7 nitrogen and oxygen atoms in total. The first-order valence-corrected chi connectivity index (χ1v) is 9.65. The zero-order valence-corrected chi connectivity index (χ0v) is 16.9. The van der Waals surface area contributed by atoms with Crippen LogP contribution in [0.1, 0.15) is 15.9 Å². The summed E-state index contributed by atoms with van der Waals surface area (Å²) in [5, 5.41) is 4.59. The van der Waals surface area contributed by atoms with E-state index >= 15 is 0 Å². The van der Waals surface area contributed by atoms with Gasteiger partial charge in [0.15, 0.2) is 6.61 Å². The van der Waals surface area contributed by atoms with Gasteiger partial charge < -0.3 is 14.4 Å². The second-order valence-electron chi connectivity index (χ2n) is 6.18. The van der Waals surface area contributed by atoms with Crippen LogP contribution in [0.15, 0.2) is 47.6 Å². The first-order valence-electron chi connectivity index (χ1n) is 8.90. The molecule has 9 heteroatoms. The van der Waals surface area contributed by atoms with Crippen molar-refractivity contribution < 1.29 is 19.1 Å². The third-order valence-corrected chi connectivity index (χ3v) is 4.91. The first-order chi connectivity index (χ1) is 14.0. The second-order valence-corrected chi connectivity index (χ2v) is 6.99. The second kappa shape index (κ2) is 10.2. The van der Waals surface area contributed by atoms with Crippen molar-refractivity contribution in [3.8, 4) is 5.75 Å². The molecule has 2 aromatic carbocycles. The van der Waals surface area contributed by atoms with Crippen molar-refractivity contribution >= 4 is 41.2 Å². The summed E-state index contributed by atoms with van der Waals surface area (Å²) in [6.45, 7) is 2.27. The number of carbonyl (C=O) groups is 2. The van der Waals surface area contributed by atoms with Gasteiger partial charge >= 0.3 is 0 Å². The van der Waals surface area contributed by atoms with Crippen LogP contribution in [0.25, 0.3) is 0 Å². The molecule has 2 aromatic rings. The highest BCUT2D eigenvalue weighted by Gasteiger charge is 2.17. The normalized spacial score (nSPS) is 14.1. The lowest BCUT2D eigenvalue weighted by molar-refractivity contribution is -0.137. The van der Waals surface area contributed by atoms with Gasteiger partial charge in [-0.15, -0.1) is 0 Å². The first kappa shape index (κ1) is 21.1. The van der Waals surface area contributed by atoms with Gasteiger partial charge in [-0.25, -0.2) is 5.43 Å². The van der Waals surface area contributed by atoms with E-state index < -0.39 is 5.91 Å². The predicted molar refractivity (Wildman–Crippen MR) is 111 cm³/mol. The topological polar surface area (TPSA) is 80.2 Å². The van der Waals surface area contributed by atoms with Gasteiger partial charge in [-0.05, 0) is 48.0 Å². The molecule has 0 aromatic heterocycles. The molecule has 0 spiro atoms. The van der Waals surface area contributed by atoms with E-state index in [1.165, 1.54) is 12.3 Å². The van der Waals surface area contributed by atoms with Crippen LogP contribution in [0.2, 0.25) is 10.0 Å². The van der Waals surface area contributed by atoms with Gasteiger partial charge in [-0.1, -0.05) is 23.2 Å². The van der Waals surface area contributed by atoms with Gasteiger partial charge in [-0.2, -0.15) is 5.10 Å². The third kappa shape index (κ3) is 6.19. The summed E-state index contributed by atoms with van der Waals surface area (Å²) in [6.07, 6.45) is 1.50. The van der Waals surface area contributed by atoms with Crippen molar-refractivity contribution in [2.45, 2.75) is 0 Å². The number of hydrogen-bond acceptors (Lipinski definition) is 5. The molecule has 29 heavy (non-hydrogen) atoms. The maximum absolute atomic E-state index is 12.1. The molecule has 1 saturated heterocycles. The Labute approximate surface area is 178 Å². The minimum absolute atomic E-state index is 0.0207. The molecule has 0 radical (unpaired) electrons. The van der Waals surface area contributed by atoms with Crippen LogP contribution in [-0.2, 0) is 9.53 Å². The lowest BCUT2D eigenvalue weighted by Gasteiger charge is -2.26. The third-order valence-electron chi connectivity index (χ3n) is 4.17. The monoisotopic (exact) mass is 435 g/mol. The molecule has 0 bridgehead atoms. The number of nitrogens with one attached hydrogen (secondary N) is 1. The van der Waals surface area contributed by atoms with Crippen molar-refractivity contribution in [3.63, 3.8) is 0 Å². The zero-order chi connectivity index (χ0) is 20.6. The fourth-order valence-corrected chi connectivity index (χ4v) is 2.86. The van der Waals surface area contributed by atoms with Crippen LogP contribution in [0, 0.1) is 0 Å². The van der Waals surface area contributed by atoms with Gasteiger partial charge in [0, 0.05) is 18.7 Å². The Balaban J connectivity index is 1.47. The number of halogens is 2. The molecule has 152 valence electrons. The van der Waals surface area contributed by atoms with Crippen molar-refractivity contribution in [3.05, 3.63) is 63.6 Å². The highest BCUT2D eigenvalue weighted by Crippen LogP contribution is 2.22. The average molecular weight is 436 g/mol. The number of hydrazone groups is 1. The summed E-state index contributed by atoms with van der Waals surface area (Å²) in [5.41, 5.74) is 3.53. The fraction of sp³-hybridized carbons (Fsp3) is 0.250. The highest BCUT2D eigenvalue weighted by atomic mass is 35.5. The molecule has 1 heterocycles. The van der Waals surface area contributed by atoms with Crippen LogP contribution in [0.3, 0.4) is 0 Å². The van der Waals surface area contributed by atoms with Crippen molar-refractivity contribution in [2.24, 2.45) is 5.10 Å². The molecule has 1 N–H and O–H groups in total. The standard InChI is InChI=1S/C20H19Cl2N3O4/c21-17-6-3-15(11-18(17)22)20(27)24-23-12-14-1-4-16(5-2-14)29-13-19(26)25-7-9-28-10-8-25/h1-6,11-12H,7-10,13H2,(H,24,27)/b23-12-. The Kier molecular flexibility index (Phi) is 7.46. The molecular weight excluding hydrogens is 417 g/mol. The minimum Gasteiger partial charge on any atom is -0.484 e. The van der Waals surface area contributed by atoms with Crippen molar-refractivity contribution in [1.82, 2.24) is 10.3 Å². The Bertz CT molecular complexity index is 897. The minimum atomic E-state index is -0.401. The lowest BCUT2D eigenvalue weighted by Crippen LogP contribution is -2.42. The van der Waals surface area contributed by atoms with Crippen LogP contribution in [0.5, 0.6) is 5.75 Å². The van der Waals surface area contributed by atoms with Gasteiger partial charge in [0.05, 0.1) is 29.5 Å². The number of morpholine rings is 1. The number of nitrogens with zero attached hydrogens (tertiary/aromatic N) is 2. The number of ether oxygens (including phenoxy) is 2. The summed E-state index contributed by atoms with van der Waals surface area (Å²) >= 11 is 11.7. The summed E-state index contributed by atoms with van der Waals surface area (Å²) in [4.78, 5) is 25.8. The molecule has 1 aliphatic rings. The molecule has 3 rings (SSSR count). The predicted octanol–water partition coefficient (Wildman–Crippen LogP) is 2.99. The van der Waals surface area contributed by atoms with Crippen LogP contribution in [-0.4, -0.2) is 55.8 Å². The molecule has 0 unspecified atom stereocenters. The van der Waals surface area contributed by atoms with E-state index in [1.54, 1.807) is 41.3 Å². The van der Waals surface area contributed by atoms with Crippen molar-refractivity contribution in [2.75, 3.05) is 32.9 Å². The van der Waals surface area contributed by atoms with E-state index in [9.17, 15) is 9.59 Å². The van der Waals surface area contributed by atoms with Crippen LogP contribution >= 0.6 is 23.2 Å². The van der Waals surface area contributed by atoms with Gasteiger partial charge in [-0.3, -0.25) is 9.59 Å². The lowest BCUT2D eigenvalue weighted by atomic mass is 10.2. The fourth-order valence-electron chi connectivity index (χ4n) is 2.57. The smallest absolute Gasteiger partial charge is 0.271 e. The maximum atomic E-state index is 12.1. The van der Waals surface area contributed by atoms with Gasteiger partial charge in [0.25, 0.3) is 11.8 Å². The summed E-state index contributed by atoms with van der Waals surface area (Å²) in [5.74, 6) is 0.106. The number of amides is 2. The molecule has 0 aliphatic carbocycles. The van der Waals surface area contributed by atoms with E-state index in [0.29, 0.717) is 47.7 Å². The Morgan fingerprint density at radius 3 is 2.52 bits per heavy atom. The molecule has 1 fully saturated rings. The van der Waals surface area contributed by atoms with E-state index in [-0.39, 0.29) is 12.5 Å². The zero-order valence-electron chi connectivity index (χ0n) is 15.4. The van der Waals surface area contributed by atoms with E-state index in [4.69, 9.17) is 32.7 Å². The quantitative estimate of drug-likeness (QED) is 0.558. The van der Waals surface area contributed by atoms with E-state index in [2.05, 4.69) is 10.5 Å². The van der Waals surface area contributed by atoms with E-state index in [1.807, 2.05) is 0 Å². The maximum Gasteiger partial charge on any atom is 0.271 e. The molecule has 1 aliphatic heterocycles. The summed E-state index contributed by atoms with van der Waals surface area (Å²) < 4.78 is 10.8. The SMILES string of the molecule is O=C(N/N=C\c1ccc(OCC(=O)N2CCOCC2)cc1)c1ccc(Cl)c(Cl)c1. The number of hydrogen-bond donors (Lipinski definition) is 1.